The zero-order valence-electron chi connectivity index (χ0n) is 12.1. The number of hydrogen-bond acceptors (Lipinski definition) is 6. The summed E-state index contributed by atoms with van der Waals surface area (Å²) in [4.78, 5) is 28.8. The Balaban J connectivity index is 1.77. The minimum Gasteiger partial charge on any atom is -0.391 e. The van der Waals surface area contributed by atoms with E-state index in [9.17, 15) is 14.7 Å². The van der Waals surface area contributed by atoms with Gasteiger partial charge in [0.15, 0.2) is 5.78 Å². The van der Waals surface area contributed by atoms with Crippen LogP contribution in [-0.2, 0) is 11.3 Å². The molecule has 0 spiro atoms. The van der Waals surface area contributed by atoms with E-state index in [0.29, 0.717) is 25.4 Å². The van der Waals surface area contributed by atoms with Gasteiger partial charge in [-0.05, 0) is 35.3 Å². The van der Waals surface area contributed by atoms with Gasteiger partial charge in [-0.15, -0.1) is 11.3 Å². The molecule has 3 rings (SSSR count). The van der Waals surface area contributed by atoms with Gasteiger partial charge in [-0.3, -0.25) is 14.2 Å². The summed E-state index contributed by atoms with van der Waals surface area (Å²) in [6, 6.07) is -0.242. The van der Waals surface area contributed by atoms with E-state index in [1.165, 1.54) is 10.9 Å². The number of nitrogens with zero attached hydrogens (tertiary/aromatic N) is 2. The fourth-order valence-electron chi connectivity index (χ4n) is 2.70. The maximum atomic E-state index is 12.4. The lowest BCUT2D eigenvalue weighted by molar-refractivity contribution is -0.121. The molecule has 1 aliphatic rings. The number of halogens is 2. The van der Waals surface area contributed by atoms with Crippen LogP contribution in [0.4, 0.5) is 0 Å². The number of aliphatic hydroxyl groups excluding tert-OH is 1. The Morgan fingerprint density at radius 3 is 3.13 bits per heavy atom. The van der Waals surface area contributed by atoms with Crippen molar-refractivity contribution in [1.82, 2.24) is 14.9 Å². The normalized spacial score (nSPS) is 21.7. The minimum absolute atomic E-state index is 0.0557. The van der Waals surface area contributed by atoms with Crippen molar-refractivity contribution in [2.24, 2.45) is 0 Å². The molecule has 9 heteroatoms. The van der Waals surface area contributed by atoms with Gasteiger partial charge in [-0.1, -0.05) is 11.6 Å². The van der Waals surface area contributed by atoms with Crippen LogP contribution in [-0.4, -0.2) is 39.1 Å². The maximum Gasteiger partial charge on any atom is 0.271 e. The second kappa shape index (κ2) is 6.98. The van der Waals surface area contributed by atoms with Crippen LogP contribution in [0.2, 0.25) is 4.34 Å². The minimum atomic E-state index is -0.517. The van der Waals surface area contributed by atoms with Crippen molar-refractivity contribution >= 4 is 54.9 Å². The average Bonchev–Trinajstić information content (AvgIpc) is 2.81. The monoisotopic (exact) mass is 419 g/mol. The predicted molar refractivity (Wildman–Crippen MR) is 93.2 cm³/mol. The lowest BCUT2D eigenvalue weighted by atomic mass is 9.97. The van der Waals surface area contributed by atoms with Crippen molar-refractivity contribution in [1.29, 1.82) is 0 Å². The fourth-order valence-corrected chi connectivity index (χ4v) is 4.52. The van der Waals surface area contributed by atoms with Crippen LogP contribution < -0.4 is 10.9 Å². The number of piperidine rings is 1. The standard InChI is InChI=1S/C14H15BrClN3O3S/c15-10-11-12(23-13(10)16)14(22)19(6-18-11)5-7(20)4-8-9(21)2-1-3-17-8/h6,8-9,17,21H,1-5H2. The summed E-state index contributed by atoms with van der Waals surface area (Å²) in [7, 11) is 0. The highest BCUT2D eigenvalue weighted by Gasteiger charge is 2.25. The second-order valence-corrected chi connectivity index (χ2v) is 7.97. The van der Waals surface area contributed by atoms with Gasteiger partial charge in [0.2, 0.25) is 0 Å². The molecule has 2 aromatic rings. The molecule has 2 unspecified atom stereocenters. The molecular weight excluding hydrogens is 406 g/mol. The topological polar surface area (TPSA) is 84.2 Å². The number of carbonyl (C=O) groups is 1. The van der Waals surface area contributed by atoms with Crippen LogP contribution in [0.3, 0.4) is 0 Å². The van der Waals surface area contributed by atoms with Crippen molar-refractivity contribution in [3.63, 3.8) is 0 Å². The number of ketones is 1. The molecule has 1 saturated heterocycles. The van der Waals surface area contributed by atoms with Crippen molar-refractivity contribution in [2.75, 3.05) is 6.54 Å². The summed E-state index contributed by atoms with van der Waals surface area (Å²) in [5, 5.41) is 13.0. The molecule has 2 atom stereocenters. The summed E-state index contributed by atoms with van der Waals surface area (Å²) in [6.45, 7) is 0.740. The highest BCUT2D eigenvalue weighted by atomic mass is 79.9. The Kier molecular flexibility index (Phi) is 5.17. The fraction of sp³-hybridized carbons (Fsp3) is 0.500. The molecule has 2 N–H and O–H groups in total. The molecule has 0 saturated carbocycles. The van der Waals surface area contributed by atoms with E-state index in [4.69, 9.17) is 11.6 Å². The van der Waals surface area contributed by atoms with Gasteiger partial charge in [-0.25, -0.2) is 4.98 Å². The summed E-state index contributed by atoms with van der Waals surface area (Å²) < 4.78 is 2.78. The Morgan fingerprint density at radius 1 is 1.61 bits per heavy atom. The van der Waals surface area contributed by atoms with Crippen LogP contribution in [0.15, 0.2) is 15.6 Å². The first kappa shape index (κ1) is 17.0. The van der Waals surface area contributed by atoms with Crippen LogP contribution in [0.25, 0.3) is 10.2 Å². The molecule has 2 aromatic heterocycles. The molecule has 0 aliphatic carbocycles. The number of aromatic nitrogens is 2. The molecule has 23 heavy (non-hydrogen) atoms. The van der Waals surface area contributed by atoms with E-state index < -0.39 is 6.10 Å². The number of thiophene rings is 1. The van der Waals surface area contributed by atoms with Gasteiger partial charge in [0.25, 0.3) is 5.56 Å². The molecule has 0 amide bonds. The van der Waals surface area contributed by atoms with Crippen molar-refractivity contribution in [3.05, 3.63) is 25.5 Å². The second-order valence-electron chi connectivity index (χ2n) is 5.56. The van der Waals surface area contributed by atoms with Gasteiger partial charge >= 0.3 is 0 Å². The number of hydrogen-bond donors (Lipinski definition) is 2. The largest absolute Gasteiger partial charge is 0.391 e. The van der Waals surface area contributed by atoms with Crippen LogP contribution >= 0.6 is 38.9 Å². The quantitative estimate of drug-likeness (QED) is 0.790. The van der Waals surface area contributed by atoms with E-state index in [0.717, 1.165) is 24.3 Å². The van der Waals surface area contributed by atoms with Crippen molar-refractivity contribution < 1.29 is 9.90 Å². The van der Waals surface area contributed by atoms with Crippen LogP contribution in [0, 0.1) is 0 Å². The third-order valence-electron chi connectivity index (χ3n) is 3.91. The third kappa shape index (κ3) is 3.51. The van der Waals surface area contributed by atoms with Gasteiger partial charge in [0, 0.05) is 12.5 Å². The number of rotatable bonds is 4. The van der Waals surface area contributed by atoms with Gasteiger partial charge < -0.3 is 10.4 Å². The van der Waals surface area contributed by atoms with E-state index in [2.05, 4.69) is 26.2 Å². The summed E-state index contributed by atoms with van der Waals surface area (Å²) in [6.07, 6.45) is 2.64. The lowest BCUT2D eigenvalue weighted by Crippen LogP contribution is -2.46. The molecule has 1 fully saturated rings. The summed E-state index contributed by atoms with van der Waals surface area (Å²) in [5.41, 5.74) is 0.233. The van der Waals surface area contributed by atoms with Gasteiger partial charge in [-0.2, -0.15) is 0 Å². The van der Waals surface area contributed by atoms with E-state index >= 15 is 0 Å². The Morgan fingerprint density at radius 2 is 2.39 bits per heavy atom. The molecule has 0 bridgehead atoms. The summed E-state index contributed by atoms with van der Waals surface area (Å²) in [5.74, 6) is -0.117. The molecule has 124 valence electrons. The number of fused-ring (bicyclic) bond motifs is 1. The lowest BCUT2D eigenvalue weighted by Gasteiger charge is -2.28. The van der Waals surface area contributed by atoms with Crippen LogP contribution in [0.1, 0.15) is 19.3 Å². The molecular formula is C14H15BrClN3O3S. The molecule has 0 aromatic carbocycles. The number of nitrogens with one attached hydrogen (secondary N) is 1. The number of Topliss-reactive ketones (excluding diaryl/α,β-unsaturated/α-hetero) is 1. The SMILES string of the molecule is O=C(CC1NCCCC1O)Cn1cnc2c(Br)c(Cl)sc2c1=O. The van der Waals surface area contributed by atoms with Crippen molar-refractivity contribution in [3.8, 4) is 0 Å². The number of aliphatic hydroxyl groups is 1. The Hall–Kier alpha value is -0.800. The van der Waals surface area contributed by atoms with E-state index in [-0.39, 0.29) is 30.3 Å². The Bertz CT molecular complexity index is 806. The van der Waals surface area contributed by atoms with Crippen molar-refractivity contribution in [2.45, 2.75) is 38.0 Å². The highest BCUT2D eigenvalue weighted by Crippen LogP contribution is 2.35. The van der Waals surface area contributed by atoms with E-state index in [1.807, 2.05) is 0 Å². The molecule has 0 radical (unpaired) electrons. The first-order valence-electron chi connectivity index (χ1n) is 7.23. The molecule has 1 aliphatic heterocycles. The number of carbonyl (C=O) groups excluding carboxylic acids is 1. The molecule has 6 nitrogen and oxygen atoms in total. The van der Waals surface area contributed by atoms with Crippen LogP contribution in [0.5, 0.6) is 0 Å². The zero-order chi connectivity index (χ0) is 16.6. The zero-order valence-corrected chi connectivity index (χ0v) is 15.2. The van der Waals surface area contributed by atoms with Gasteiger partial charge in [0.1, 0.15) is 14.6 Å². The smallest absolute Gasteiger partial charge is 0.271 e. The maximum absolute atomic E-state index is 12.4. The third-order valence-corrected chi connectivity index (χ3v) is 6.55. The first-order valence-corrected chi connectivity index (χ1v) is 9.22. The first-order chi connectivity index (χ1) is 11.0. The predicted octanol–water partition coefficient (Wildman–Crippen LogP) is 1.95. The molecule has 3 heterocycles. The Labute approximate surface area is 149 Å². The average molecular weight is 421 g/mol. The summed E-state index contributed by atoms with van der Waals surface area (Å²) >= 11 is 10.4. The van der Waals surface area contributed by atoms with E-state index in [1.54, 1.807) is 0 Å². The van der Waals surface area contributed by atoms with Gasteiger partial charge in [0.05, 0.1) is 23.4 Å². The highest BCUT2D eigenvalue weighted by molar-refractivity contribution is 9.10.